The van der Waals surface area contributed by atoms with E-state index in [1.165, 1.54) is 7.11 Å². The van der Waals surface area contributed by atoms with Crippen LogP contribution in [0.15, 0.2) is 54.6 Å². The van der Waals surface area contributed by atoms with E-state index >= 15 is 0 Å². The van der Waals surface area contributed by atoms with Crippen LogP contribution >= 0.6 is 11.8 Å². The summed E-state index contributed by atoms with van der Waals surface area (Å²) in [7, 11) is 1.43. The smallest absolute Gasteiger partial charge is 0.411 e. The standard InChI is InChI=1S/C28H41NO4S/c1-20(2)22(14-15-23(25(30)32-8)18-21-12-10-9-11-13-21)16-17-24-19-34-28(6,7)29(24)26(31)33-27(3,4)5/h9-17,20,22-24H,18-19H2,1-8H3/b15-14+,17-16+/t22-,23-,24+/m0/s1. The first-order valence-corrected chi connectivity index (χ1v) is 13.0. The summed E-state index contributed by atoms with van der Waals surface area (Å²) in [5.41, 5.74) is 0.553. The number of amides is 1. The summed E-state index contributed by atoms with van der Waals surface area (Å²) in [5.74, 6) is 0.686. The van der Waals surface area contributed by atoms with Crippen LogP contribution in [0.1, 0.15) is 54.0 Å². The normalized spacial score (nSPS) is 20.1. The van der Waals surface area contributed by atoms with Gasteiger partial charge in [-0.25, -0.2) is 4.79 Å². The molecular weight excluding hydrogens is 446 g/mol. The highest BCUT2D eigenvalue weighted by Crippen LogP contribution is 2.40. The molecule has 3 atom stereocenters. The number of hydrogen-bond donors (Lipinski definition) is 0. The summed E-state index contributed by atoms with van der Waals surface area (Å²) in [6.07, 6.45) is 8.64. The van der Waals surface area contributed by atoms with Crippen molar-refractivity contribution in [1.29, 1.82) is 0 Å². The van der Waals surface area contributed by atoms with Crippen LogP contribution in [0.5, 0.6) is 0 Å². The average Bonchev–Trinajstić information content (AvgIpc) is 3.05. The summed E-state index contributed by atoms with van der Waals surface area (Å²) in [5, 5.41) is 0. The number of benzene rings is 1. The number of nitrogens with zero attached hydrogens (tertiary/aromatic N) is 1. The van der Waals surface area contributed by atoms with E-state index in [9.17, 15) is 9.59 Å². The van der Waals surface area contributed by atoms with Gasteiger partial charge in [-0.1, -0.05) is 68.5 Å². The van der Waals surface area contributed by atoms with Crippen molar-refractivity contribution in [2.24, 2.45) is 17.8 Å². The van der Waals surface area contributed by atoms with Gasteiger partial charge in [0.2, 0.25) is 0 Å². The Hall–Kier alpha value is -2.21. The molecule has 5 nitrogen and oxygen atoms in total. The van der Waals surface area contributed by atoms with E-state index in [-0.39, 0.29) is 34.8 Å². The van der Waals surface area contributed by atoms with Crippen LogP contribution in [0.3, 0.4) is 0 Å². The van der Waals surface area contributed by atoms with Gasteiger partial charge in [-0.05, 0) is 58.4 Å². The zero-order valence-electron chi connectivity index (χ0n) is 21.9. The Morgan fingerprint density at radius 3 is 2.35 bits per heavy atom. The quantitative estimate of drug-likeness (QED) is 0.310. The summed E-state index contributed by atoms with van der Waals surface area (Å²) >= 11 is 1.75. The molecule has 1 amide bonds. The third-order valence-corrected chi connectivity index (χ3v) is 7.21. The maximum Gasteiger partial charge on any atom is 0.411 e. The lowest BCUT2D eigenvalue weighted by molar-refractivity contribution is -0.143. The van der Waals surface area contributed by atoms with Gasteiger partial charge in [0.15, 0.2) is 0 Å². The van der Waals surface area contributed by atoms with Gasteiger partial charge in [0, 0.05) is 5.75 Å². The number of esters is 1. The van der Waals surface area contributed by atoms with Gasteiger partial charge in [-0.15, -0.1) is 11.8 Å². The third-order valence-electron chi connectivity index (χ3n) is 5.80. The number of hydrogen-bond acceptors (Lipinski definition) is 5. The fourth-order valence-corrected chi connectivity index (χ4v) is 5.11. The maximum absolute atomic E-state index is 13.0. The van der Waals surface area contributed by atoms with Crippen molar-refractivity contribution in [1.82, 2.24) is 4.90 Å². The van der Waals surface area contributed by atoms with Crippen LogP contribution in [-0.2, 0) is 20.7 Å². The Kier molecular flexibility index (Phi) is 9.86. The first kappa shape index (κ1) is 28.0. The minimum Gasteiger partial charge on any atom is -0.469 e. The summed E-state index contributed by atoms with van der Waals surface area (Å²) in [6, 6.07) is 9.91. The lowest BCUT2D eigenvalue weighted by atomic mass is 9.91. The summed E-state index contributed by atoms with van der Waals surface area (Å²) in [6.45, 7) is 14.1. The molecule has 6 heteroatoms. The number of allylic oxidation sites excluding steroid dienone is 2. The second kappa shape index (κ2) is 12.0. The number of thioether (sulfide) groups is 1. The largest absolute Gasteiger partial charge is 0.469 e. The van der Waals surface area contributed by atoms with Crippen LogP contribution in [0.4, 0.5) is 4.79 Å². The molecule has 1 heterocycles. The van der Waals surface area contributed by atoms with Gasteiger partial charge in [0.1, 0.15) is 5.60 Å². The van der Waals surface area contributed by atoms with Crippen molar-refractivity contribution >= 4 is 23.8 Å². The molecule has 0 spiro atoms. The molecule has 1 aliphatic rings. The predicted octanol–water partition coefficient (Wildman–Crippen LogP) is 6.49. The molecule has 1 saturated heterocycles. The van der Waals surface area contributed by atoms with Crippen LogP contribution in [0.25, 0.3) is 0 Å². The highest BCUT2D eigenvalue weighted by atomic mass is 32.2. The fourth-order valence-electron chi connectivity index (χ4n) is 3.92. The lowest BCUT2D eigenvalue weighted by Crippen LogP contribution is -2.48. The second-order valence-electron chi connectivity index (χ2n) is 10.6. The van der Waals surface area contributed by atoms with Crippen molar-refractivity contribution in [3.05, 3.63) is 60.2 Å². The van der Waals surface area contributed by atoms with Crippen LogP contribution in [0.2, 0.25) is 0 Å². The van der Waals surface area contributed by atoms with Gasteiger partial charge in [0.25, 0.3) is 0 Å². The minimum atomic E-state index is -0.542. The van der Waals surface area contributed by atoms with E-state index in [1.807, 2.05) is 62.1 Å². The van der Waals surface area contributed by atoms with Gasteiger partial charge in [0.05, 0.1) is 23.9 Å². The number of ether oxygens (including phenoxy) is 2. The Morgan fingerprint density at radius 1 is 1.15 bits per heavy atom. The monoisotopic (exact) mass is 487 g/mol. The van der Waals surface area contributed by atoms with Gasteiger partial charge in [-0.2, -0.15) is 0 Å². The molecule has 0 radical (unpaired) electrons. The average molecular weight is 488 g/mol. The molecule has 0 bridgehead atoms. The molecule has 1 aromatic rings. The first-order valence-electron chi connectivity index (χ1n) is 12.0. The van der Waals surface area contributed by atoms with E-state index in [0.29, 0.717) is 12.3 Å². The Balaban J connectivity index is 2.20. The molecule has 0 aliphatic carbocycles. The van der Waals surface area contributed by atoms with E-state index in [1.54, 1.807) is 11.8 Å². The zero-order valence-corrected chi connectivity index (χ0v) is 22.7. The van der Waals surface area contributed by atoms with Crippen molar-refractivity contribution < 1.29 is 19.1 Å². The zero-order chi connectivity index (χ0) is 25.5. The minimum absolute atomic E-state index is 0.0507. The molecular formula is C28H41NO4S. The molecule has 188 valence electrons. The Labute approximate surface area is 210 Å². The second-order valence-corrected chi connectivity index (χ2v) is 12.2. The highest BCUT2D eigenvalue weighted by molar-refractivity contribution is 8.00. The van der Waals surface area contributed by atoms with Gasteiger partial charge < -0.3 is 9.47 Å². The van der Waals surface area contributed by atoms with Crippen molar-refractivity contribution in [3.63, 3.8) is 0 Å². The Morgan fingerprint density at radius 2 is 1.79 bits per heavy atom. The topological polar surface area (TPSA) is 55.8 Å². The predicted molar refractivity (Wildman–Crippen MR) is 141 cm³/mol. The molecule has 2 rings (SSSR count). The lowest BCUT2D eigenvalue weighted by Gasteiger charge is -2.35. The van der Waals surface area contributed by atoms with E-state index in [0.717, 1.165) is 11.3 Å². The third kappa shape index (κ3) is 8.23. The molecule has 0 saturated carbocycles. The number of carbonyl (C=O) groups excluding carboxylic acids is 2. The molecule has 0 unspecified atom stereocenters. The van der Waals surface area contributed by atoms with Crippen LogP contribution in [-0.4, -0.2) is 46.3 Å². The summed E-state index contributed by atoms with van der Waals surface area (Å²) < 4.78 is 10.7. The first-order chi connectivity index (χ1) is 15.8. The van der Waals surface area contributed by atoms with Gasteiger partial charge >= 0.3 is 12.1 Å². The van der Waals surface area contributed by atoms with E-state index in [4.69, 9.17) is 9.47 Å². The number of carbonyl (C=O) groups is 2. The summed E-state index contributed by atoms with van der Waals surface area (Å²) in [4.78, 5) is 26.9. The van der Waals surface area contributed by atoms with E-state index < -0.39 is 5.60 Å². The Bertz CT molecular complexity index is 870. The van der Waals surface area contributed by atoms with Gasteiger partial charge in [-0.3, -0.25) is 9.69 Å². The van der Waals surface area contributed by atoms with Crippen molar-refractivity contribution in [3.8, 4) is 0 Å². The highest BCUT2D eigenvalue weighted by Gasteiger charge is 2.44. The van der Waals surface area contributed by atoms with Crippen molar-refractivity contribution in [2.45, 2.75) is 71.4 Å². The molecule has 1 fully saturated rings. The SMILES string of the molecule is COC(=O)[C@@H](/C=C/[C@@H](/C=C/[C@@H]1CSC(C)(C)N1C(=O)OC(C)(C)C)C(C)C)Cc1ccccc1. The fraction of sp³-hybridized carbons (Fsp3) is 0.571. The van der Waals surface area contributed by atoms with Crippen LogP contribution in [0, 0.1) is 17.8 Å². The van der Waals surface area contributed by atoms with E-state index in [2.05, 4.69) is 45.9 Å². The number of methoxy groups -OCH3 is 1. The molecule has 1 aromatic carbocycles. The maximum atomic E-state index is 13.0. The van der Waals surface area contributed by atoms with Crippen LogP contribution < -0.4 is 0 Å². The van der Waals surface area contributed by atoms with Crippen molar-refractivity contribution in [2.75, 3.05) is 12.9 Å². The number of rotatable bonds is 8. The molecule has 1 aliphatic heterocycles. The molecule has 0 aromatic heterocycles. The molecule has 0 N–H and O–H groups in total. The molecule has 34 heavy (non-hydrogen) atoms.